The molecule has 2 aromatic carbocycles. The molecule has 2 aliphatic rings. The molecule has 0 radical (unpaired) electrons. The molecule has 2 unspecified atom stereocenters. The van der Waals surface area contributed by atoms with Crippen molar-refractivity contribution in [2.24, 2.45) is 0 Å². The standard InChI is InChI=1S/C16H20N2O2.C12H16INO2.C8H18N2.C5H6/c1-3-20-16(19)12-15(17-2)13-7-6-8-14(11-13)18-9-4-5-10-18;1-3-16-12(15)8-11(14-2)9-5-4-6-10(13)7-9;1-9-7-5-3-4-6-8(7)10-2;1-2-4-5-3-1/h4-11,15,17H,3,12H2,1-2H3;4-7,11,14H,3,8H2,1-2H3;7-10H,3-6H2,1-2H3;1-4H,5H2/t;;7-,8-;/m..1./s1. The van der Waals surface area contributed by atoms with Crippen LogP contribution in [-0.4, -0.2) is 70.0 Å². The lowest BCUT2D eigenvalue weighted by Crippen LogP contribution is -2.47. The number of hydrogen-bond donors (Lipinski definition) is 4. The fraction of sp³-hybridized carbons (Fsp3) is 0.463. The zero-order valence-corrected chi connectivity index (χ0v) is 33.5. The summed E-state index contributed by atoms with van der Waals surface area (Å²) in [5.41, 5.74) is 3.27. The van der Waals surface area contributed by atoms with E-state index in [0.29, 0.717) is 38.1 Å². The second-order valence-electron chi connectivity index (χ2n) is 12.1. The van der Waals surface area contributed by atoms with Gasteiger partial charge in [0, 0.05) is 45.8 Å². The topological polar surface area (TPSA) is 106 Å². The van der Waals surface area contributed by atoms with Gasteiger partial charge >= 0.3 is 11.9 Å². The zero-order valence-electron chi connectivity index (χ0n) is 31.4. The summed E-state index contributed by atoms with van der Waals surface area (Å²) >= 11 is 2.26. The van der Waals surface area contributed by atoms with Crippen molar-refractivity contribution < 1.29 is 19.1 Å². The quantitative estimate of drug-likeness (QED) is 0.104. The van der Waals surface area contributed by atoms with Crippen molar-refractivity contribution in [2.45, 2.75) is 83.0 Å². The molecule has 2 aliphatic carbocycles. The van der Waals surface area contributed by atoms with E-state index in [4.69, 9.17) is 9.47 Å². The van der Waals surface area contributed by atoms with Crippen molar-refractivity contribution >= 4 is 34.5 Å². The van der Waals surface area contributed by atoms with Gasteiger partial charge in [-0.25, -0.2) is 0 Å². The fourth-order valence-corrected chi connectivity index (χ4v) is 6.46. The minimum atomic E-state index is -0.182. The maximum Gasteiger partial charge on any atom is 0.307 e. The van der Waals surface area contributed by atoms with Crippen LogP contribution >= 0.6 is 22.6 Å². The summed E-state index contributed by atoms with van der Waals surface area (Å²) in [4.78, 5) is 23.0. The van der Waals surface area contributed by atoms with E-state index in [1.807, 2.05) is 93.4 Å². The highest BCUT2D eigenvalue weighted by Gasteiger charge is 2.21. The van der Waals surface area contributed by atoms with Crippen molar-refractivity contribution in [3.63, 3.8) is 0 Å². The van der Waals surface area contributed by atoms with Gasteiger partial charge in [-0.05, 0) is 131 Å². The van der Waals surface area contributed by atoms with Crippen LogP contribution in [0.2, 0.25) is 0 Å². The summed E-state index contributed by atoms with van der Waals surface area (Å²) in [5, 5.41) is 13.0. The molecular formula is C41H60IN5O4. The molecule has 9 nitrogen and oxygen atoms in total. The first-order chi connectivity index (χ1) is 24.8. The predicted molar refractivity (Wildman–Crippen MR) is 218 cm³/mol. The maximum atomic E-state index is 11.6. The monoisotopic (exact) mass is 813 g/mol. The van der Waals surface area contributed by atoms with Gasteiger partial charge in [0.05, 0.1) is 26.1 Å². The molecule has 5 rings (SSSR count). The third kappa shape index (κ3) is 17.2. The van der Waals surface area contributed by atoms with Gasteiger partial charge < -0.3 is 35.3 Å². The highest BCUT2D eigenvalue weighted by molar-refractivity contribution is 14.1. The number of allylic oxidation sites excluding steroid dienone is 4. The molecule has 1 fully saturated rings. The van der Waals surface area contributed by atoms with E-state index in [1.165, 1.54) is 29.3 Å². The minimum absolute atomic E-state index is 0.0220. The van der Waals surface area contributed by atoms with Crippen molar-refractivity contribution in [3.05, 3.63) is 112 Å². The average Bonchev–Trinajstić information content (AvgIpc) is 3.92. The molecule has 1 aromatic heterocycles. The van der Waals surface area contributed by atoms with E-state index in [9.17, 15) is 9.59 Å². The smallest absolute Gasteiger partial charge is 0.307 e. The first kappa shape index (κ1) is 43.9. The van der Waals surface area contributed by atoms with Crippen LogP contribution in [0, 0.1) is 3.57 Å². The number of rotatable bonds is 13. The van der Waals surface area contributed by atoms with Gasteiger partial charge in [0.1, 0.15) is 0 Å². The van der Waals surface area contributed by atoms with E-state index < -0.39 is 0 Å². The first-order valence-corrected chi connectivity index (χ1v) is 19.2. The number of esters is 2. The molecule has 0 aliphatic heterocycles. The molecule has 51 heavy (non-hydrogen) atoms. The van der Waals surface area contributed by atoms with Crippen molar-refractivity contribution in [3.8, 4) is 5.69 Å². The minimum Gasteiger partial charge on any atom is -0.466 e. The van der Waals surface area contributed by atoms with Crippen LogP contribution in [0.15, 0.2) is 97.4 Å². The first-order valence-electron chi connectivity index (χ1n) is 18.1. The van der Waals surface area contributed by atoms with Gasteiger partial charge in [-0.15, -0.1) is 0 Å². The molecule has 1 saturated carbocycles. The van der Waals surface area contributed by atoms with Gasteiger partial charge in [-0.1, -0.05) is 61.4 Å². The van der Waals surface area contributed by atoms with Crippen LogP contribution in [0.3, 0.4) is 0 Å². The summed E-state index contributed by atoms with van der Waals surface area (Å²) in [6.07, 6.45) is 19.7. The van der Waals surface area contributed by atoms with Gasteiger partial charge in [-0.3, -0.25) is 9.59 Å². The number of ether oxygens (including phenoxy) is 2. The molecule has 3 aromatic rings. The number of halogens is 1. The van der Waals surface area contributed by atoms with Crippen LogP contribution < -0.4 is 21.3 Å². The Morgan fingerprint density at radius 3 is 1.65 bits per heavy atom. The number of nitrogens with one attached hydrogen (secondary N) is 4. The van der Waals surface area contributed by atoms with E-state index in [1.54, 1.807) is 0 Å². The van der Waals surface area contributed by atoms with Crippen LogP contribution in [-0.2, 0) is 19.1 Å². The highest BCUT2D eigenvalue weighted by atomic mass is 127. The fourth-order valence-electron chi connectivity index (χ4n) is 5.89. The Hall–Kier alpha value is -3.29. The largest absolute Gasteiger partial charge is 0.466 e. The lowest BCUT2D eigenvalue weighted by molar-refractivity contribution is -0.144. The Labute approximate surface area is 320 Å². The molecule has 0 spiro atoms. The van der Waals surface area contributed by atoms with Gasteiger partial charge in [0.2, 0.25) is 0 Å². The van der Waals surface area contributed by atoms with Gasteiger partial charge in [0.25, 0.3) is 0 Å². The number of hydrogen-bond acceptors (Lipinski definition) is 8. The summed E-state index contributed by atoms with van der Waals surface area (Å²) in [5.74, 6) is -0.348. The van der Waals surface area contributed by atoms with Crippen molar-refractivity contribution in [1.29, 1.82) is 0 Å². The van der Waals surface area contributed by atoms with Crippen LogP contribution in [0.4, 0.5) is 0 Å². The summed E-state index contributed by atoms with van der Waals surface area (Å²) in [6, 6.07) is 21.6. The lowest BCUT2D eigenvalue weighted by atomic mass is 9.91. The second-order valence-corrected chi connectivity index (χ2v) is 13.4. The molecule has 0 amide bonds. The lowest BCUT2D eigenvalue weighted by Gasteiger charge is -2.30. The Morgan fingerprint density at radius 1 is 0.745 bits per heavy atom. The summed E-state index contributed by atoms with van der Waals surface area (Å²) in [6.45, 7) is 4.48. The molecular weight excluding hydrogens is 753 g/mol. The Bertz CT molecular complexity index is 1420. The predicted octanol–water partition coefficient (Wildman–Crippen LogP) is 7.43. The number of likely N-dealkylation sites (N-methyl/N-ethyl adjacent to an activating group) is 2. The Morgan fingerprint density at radius 2 is 1.24 bits per heavy atom. The van der Waals surface area contributed by atoms with Crippen molar-refractivity contribution in [2.75, 3.05) is 41.4 Å². The highest BCUT2D eigenvalue weighted by Crippen LogP contribution is 2.21. The van der Waals surface area contributed by atoms with Crippen LogP contribution in [0.25, 0.3) is 5.69 Å². The third-order valence-electron chi connectivity index (χ3n) is 8.64. The Balaban J connectivity index is 0.000000258. The molecule has 1 heterocycles. The normalized spacial score (nSPS) is 17.0. The van der Waals surface area contributed by atoms with Crippen LogP contribution in [0.5, 0.6) is 0 Å². The summed E-state index contributed by atoms with van der Waals surface area (Å²) in [7, 11) is 7.82. The molecule has 0 saturated heterocycles. The maximum absolute atomic E-state index is 11.6. The van der Waals surface area contributed by atoms with E-state index in [0.717, 1.165) is 23.2 Å². The second kappa shape index (κ2) is 26.5. The number of carbonyl (C=O) groups excluding carboxylic acids is 2. The van der Waals surface area contributed by atoms with Crippen LogP contribution in [0.1, 0.15) is 82.0 Å². The average molecular weight is 814 g/mol. The van der Waals surface area contributed by atoms with E-state index in [2.05, 4.69) is 94.4 Å². The summed E-state index contributed by atoms with van der Waals surface area (Å²) < 4.78 is 13.2. The number of carbonyl (C=O) groups is 2. The molecule has 10 heteroatoms. The molecule has 0 bridgehead atoms. The van der Waals surface area contributed by atoms with Crippen molar-refractivity contribution in [1.82, 2.24) is 25.8 Å². The number of nitrogens with zero attached hydrogens (tertiary/aromatic N) is 1. The van der Waals surface area contributed by atoms with E-state index in [-0.39, 0.29) is 24.0 Å². The SMILES string of the molecule is C1=CCC=C1.CCOC(=O)CC(NC)c1cccc(-n2cccc2)c1.CCOC(=O)CC(NC)c1cccc(I)c1.CN[C@@H]1CCCC[C@H]1NC. The third-order valence-corrected chi connectivity index (χ3v) is 9.31. The molecule has 4 atom stereocenters. The number of aromatic nitrogens is 1. The molecule has 4 N–H and O–H groups in total. The number of benzene rings is 2. The van der Waals surface area contributed by atoms with E-state index >= 15 is 0 Å². The Kier molecular flexibility index (Phi) is 22.8. The molecule has 280 valence electrons. The van der Waals surface area contributed by atoms with Gasteiger partial charge in [0.15, 0.2) is 0 Å². The van der Waals surface area contributed by atoms with Gasteiger partial charge in [-0.2, -0.15) is 0 Å². The zero-order chi connectivity index (χ0) is 37.3.